The number of carbonyl (C=O) groups is 6. The summed E-state index contributed by atoms with van der Waals surface area (Å²) in [6.45, 7) is 13.5. The van der Waals surface area contributed by atoms with Crippen LogP contribution in [0.25, 0.3) is 0 Å². The Morgan fingerprint density at radius 2 is 1.82 bits per heavy atom. The van der Waals surface area contributed by atoms with Crippen molar-refractivity contribution in [3.8, 4) is 5.75 Å². The highest BCUT2D eigenvalue weighted by molar-refractivity contribution is 7.80. The second kappa shape index (κ2) is 23.3. The summed E-state index contributed by atoms with van der Waals surface area (Å²) >= 11 is 5.33. The van der Waals surface area contributed by atoms with Gasteiger partial charge in [0.2, 0.25) is 17.7 Å². The van der Waals surface area contributed by atoms with Crippen LogP contribution in [0.3, 0.4) is 0 Å². The Hall–Kier alpha value is -4.22. The van der Waals surface area contributed by atoms with Gasteiger partial charge in [0, 0.05) is 49.5 Å². The highest BCUT2D eigenvalue weighted by Gasteiger charge is 2.40. The molecule has 0 spiro atoms. The number of phenols is 1. The predicted molar refractivity (Wildman–Crippen MR) is 236 cm³/mol. The first-order valence-electron chi connectivity index (χ1n) is 21.5. The van der Waals surface area contributed by atoms with Crippen LogP contribution in [0, 0.1) is 17.8 Å². The maximum atomic E-state index is 14.8. The van der Waals surface area contributed by atoms with E-state index in [9.17, 15) is 33.9 Å². The van der Waals surface area contributed by atoms with Gasteiger partial charge in [-0.2, -0.15) is 12.6 Å². The van der Waals surface area contributed by atoms with E-state index < -0.39 is 53.9 Å². The van der Waals surface area contributed by atoms with Crippen molar-refractivity contribution >= 4 is 59.5 Å². The van der Waals surface area contributed by atoms with Crippen molar-refractivity contribution in [2.75, 3.05) is 32.6 Å². The molecule has 0 bridgehead atoms. The van der Waals surface area contributed by atoms with Gasteiger partial charge < -0.3 is 35.4 Å². The van der Waals surface area contributed by atoms with Gasteiger partial charge in [0.15, 0.2) is 12.8 Å². The molecule has 338 valence electrons. The Kier molecular flexibility index (Phi) is 18.9. The van der Waals surface area contributed by atoms with Crippen molar-refractivity contribution < 1.29 is 43.3 Å². The minimum Gasteiger partial charge on any atom is -0.508 e. The van der Waals surface area contributed by atoms with Crippen LogP contribution < -0.4 is 16.0 Å². The van der Waals surface area contributed by atoms with Gasteiger partial charge in [-0.1, -0.05) is 60.5 Å². The number of thiazole rings is 1. The number of nitrogens with one attached hydrogen (secondary N) is 3. The van der Waals surface area contributed by atoms with Crippen LogP contribution in [0.4, 0.5) is 0 Å². The molecule has 17 heteroatoms. The van der Waals surface area contributed by atoms with E-state index >= 15 is 0 Å². The summed E-state index contributed by atoms with van der Waals surface area (Å²) < 4.78 is 11.6. The van der Waals surface area contributed by atoms with Crippen LogP contribution in [0.5, 0.6) is 5.75 Å². The Morgan fingerprint density at radius 3 is 2.46 bits per heavy atom. The number of hydrogen-bond donors (Lipinski definition) is 5. The van der Waals surface area contributed by atoms with Gasteiger partial charge >= 0.3 is 11.9 Å². The number of phenolic OH excluding ortho intramolecular Hbond substituents is 1. The Labute approximate surface area is 369 Å². The van der Waals surface area contributed by atoms with Crippen molar-refractivity contribution in [3.63, 3.8) is 0 Å². The topological polar surface area (TPSA) is 197 Å². The number of nitrogens with zero attached hydrogens (tertiary/aromatic N) is 3. The largest absolute Gasteiger partial charge is 0.508 e. The van der Waals surface area contributed by atoms with Crippen LogP contribution in [0.1, 0.15) is 132 Å². The molecule has 1 aromatic heterocycles. The Bertz CT molecular complexity index is 1840. The lowest BCUT2D eigenvalue weighted by molar-refractivity contribution is -0.161. The number of benzene rings is 1. The molecule has 4 amide bonds. The van der Waals surface area contributed by atoms with Crippen molar-refractivity contribution in [3.05, 3.63) is 45.4 Å². The van der Waals surface area contributed by atoms with E-state index in [0.29, 0.717) is 48.6 Å². The van der Waals surface area contributed by atoms with Gasteiger partial charge in [-0.05, 0) is 80.3 Å². The van der Waals surface area contributed by atoms with E-state index in [2.05, 4.69) is 33.6 Å². The summed E-state index contributed by atoms with van der Waals surface area (Å²) in [5.41, 5.74) is 1.63. The third-order valence-corrected chi connectivity index (χ3v) is 12.8. The number of likely N-dealkylation sites (tertiary alicyclic amines) is 1. The van der Waals surface area contributed by atoms with Crippen molar-refractivity contribution in [2.45, 2.75) is 136 Å². The molecule has 1 aliphatic heterocycles. The van der Waals surface area contributed by atoms with Crippen LogP contribution in [0.2, 0.25) is 0 Å². The van der Waals surface area contributed by atoms with Gasteiger partial charge in [0.05, 0.1) is 12.0 Å². The molecular formula is C44H66N6O9S2. The molecule has 1 aliphatic carbocycles. The second-order valence-electron chi connectivity index (χ2n) is 17.2. The lowest BCUT2D eigenvalue weighted by atomic mass is 9.79. The summed E-state index contributed by atoms with van der Waals surface area (Å²) in [6, 6.07) is 2.51. The Morgan fingerprint density at radius 1 is 1.08 bits per heavy atom. The van der Waals surface area contributed by atoms with E-state index in [4.69, 9.17) is 9.47 Å². The van der Waals surface area contributed by atoms with E-state index in [1.807, 2.05) is 53.5 Å². The maximum absolute atomic E-state index is 14.8. The molecular weight excluding hydrogens is 821 g/mol. The monoisotopic (exact) mass is 886 g/mol. The van der Waals surface area contributed by atoms with Gasteiger partial charge in [0.25, 0.3) is 5.91 Å². The molecule has 2 heterocycles. The SMILES string of the molecule is CC[C@H](C)[C@H](NC(=O)[C@H]1CCCCN1C)C(=O)N(COC(=O)CC(C)C)C(C[C@@H](OC(C)=O)c1nc(C(=O)N[C@H]2Cc3ccc(O)cc3[C@H](C(=O)NCCS)C2)cs1)C(C)C. The molecule has 1 aromatic carbocycles. The number of piperidine rings is 1. The molecule has 4 rings (SSSR count). The average Bonchev–Trinajstić information content (AvgIpc) is 3.71. The van der Waals surface area contributed by atoms with Crippen LogP contribution >= 0.6 is 24.0 Å². The molecule has 1 fully saturated rings. The number of esters is 2. The summed E-state index contributed by atoms with van der Waals surface area (Å²) in [4.78, 5) is 89.2. The second-order valence-corrected chi connectivity index (χ2v) is 18.5. The lowest BCUT2D eigenvalue weighted by Crippen LogP contribution is -2.59. The number of ether oxygens (including phenoxy) is 2. The number of thiol groups is 1. The van der Waals surface area contributed by atoms with Crippen LogP contribution in [-0.4, -0.2) is 112 Å². The zero-order valence-corrected chi connectivity index (χ0v) is 38.6. The summed E-state index contributed by atoms with van der Waals surface area (Å²) in [5.74, 6) is -3.00. The summed E-state index contributed by atoms with van der Waals surface area (Å²) in [6.07, 6.45) is 3.12. The number of likely N-dealkylation sites (N-methyl/N-ethyl adjacent to an activating group) is 1. The number of hydrogen-bond acceptors (Lipinski definition) is 13. The normalized spacial score (nSPS) is 19.8. The first-order chi connectivity index (χ1) is 28.9. The smallest absolute Gasteiger partial charge is 0.307 e. The van der Waals surface area contributed by atoms with Crippen LogP contribution in [-0.2, 0) is 39.9 Å². The quantitative estimate of drug-likeness (QED) is 0.0672. The molecule has 2 aromatic rings. The number of amides is 4. The minimum absolute atomic E-state index is 0.0224. The Balaban J connectivity index is 1.61. The van der Waals surface area contributed by atoms with E-state index in [0.717, 1.165) is 36.3 Å². The molecule has 1 unspecified atom stereocenters. The predicted octanol–water partition coefficient (Wildman–Crippen LogP) is 5.13. The van der Waals surface area contributed by atoms with Gasteiger partial charge in [-0.15, -0.1) is 11.3 Å². The fourth-order valence-electron chi connectivity index (χ4n) is 8.07. The standard InChI is InChI=1S/C44H66N6O9S2/c1-9-27(6)39(48-42(56)35-12-10-11-16-49(35)8)44(57)50(24-58-38(53)18-25(2)3)36(26(4)5)22-37(59-28(7)51)43-47-34(23-61-43)41(55)46-30-19-29-13-14-31(52)21-32(29)33(20-30)40(54)45-15-17-60/h13-14,21,23,25-27,30,33,35-37,39,52,60H,9-12,15-20,22,24H2,1-8H3,(H,45,54)(H,46,55)(H,48,56)/t27-,30-,33+,35+,36?,37+,39-/m0/s1. The molecule has 7 atom stereocenters. The number of rotatable bonds is 20. The molecule has 1 saturated heterocycles. The third kappa shape index (κ3) is 13.9. The first-order valence-corrected chi connectivity index (χ1v) is 23.1. The van der Waals surface area contributed by atoms with E-state index in [-0.39, 0.29) is 66.6 Å². The van der Waals surface area contributed by atoms with Crippen molar-refractivity contribution in [1.29, 1.82) is 0 Å². The van der Waals surface area contributed by atoms with E-state index in [1.54, 1.807) is 23.6 Å². The van der Waals surface area contributed by atoms with Crippen molar-refractivity contribution in [2.24, 2.45) is 17.8 Å². The van der Waals surface area contributed by atoms with Gasteiger partial charge in [-0.3, -0.25) is 33.7 Å². The van der Waals surface area contributed by atoms with Gasteiger partial charge in [0.1, 0.15) is 22.5 Å². The zero-order valence-electron chi connectivity index (χ0n) is 36.9. The number of aromatic nitrogens is 1. The summed E-state index contributed by atoms with van der Waals surface area (Å²) in [7, 11) is 1.91. The highest BCUT2D eigenvalue weighted by atomic mass is 32.1. The highest BCUT2D eigenvalue weighted by Crippen LogP contribution is 2.35. The maximum Gasteiger partial charge on any atom is 0.307 e. The molecule has 61 heavy (non-hydrogen) atoms. The molecule has 2 aliphatic rings. The lowest BCUT2D eigenvalue weighted by Gasteiger charge is -2.39. The fraction of sp³-hybridized carbons (Fsp3) is 0.659. The third-order valence-electron chi connectivity index (χ3n) is 11.6. The summed E-state index contributed by atoms with van der Waals surface area (Å²) in [5, 5.41) is 21.0. The average molecular weight is 887 g/mol. The van der Waals surface area contributed by atoms with Crippen LogP contribution in [0.15, 0.2) is 23.6 Å². The fourth-order valence-corrected chi connectivity index (χ4v) is 9.02. The van der Waals surface area contributed by atoms with Crippen molar-refractivity contribution in [1.82, 2.24) is 30.7 Å². The molecule has 15 nitrogen and oxygen atoms in total. The zero-order chi connectivity index (χ0) is 45.0. The van der Waals surface area contributed by atoms with Gasteiger partial charge in [-0.25, -0.2) is 4.98 Å². The first kappa shape index (κ1) is 49.4. The number of aromatic hydroxyl groups is 1. The molecule has 4 N–H and O–H groups in total. The number of fused-ring (bicyclic) bond motifs is 1. The minimum atomic E-state index is -0.986. The van der Waals surface area contributed by atoms with E-state index in [1.165, 1.54) is 11.8 Å². The number of carbonyl (C=O) groups excluding carboxylic acids is 6. The molecule has 0 saturated carbocycles. The molecule has 0 radical (unpaired) electrons.